The Kier molecular flexibility index (Phi) is 8.83. The van der Waals surface area contributed by atoms with Crippen LogP contribution < -0.4 is 20.5 Å². The van der Waals surface area contributed by atoms with Crippen molar-refractivity contribution < 1.29 is 9.47 Å². The van der Waals surface area contributed by atoms with E-state index in [-0.39, 0.29) is 6.17 Å². The molecule has 64 heavy (non-hydrogen) atoms. The first kappa shape index (κ1) is 37.3. The van der Waals surface area contributed by atoms with Gasteiger partial charge in [0.15, 0.2) is 28.8 Å². The second-order valence-corrected chi connectivity index (χ2v) is 16.4. The van der Waals surface area contributed by atoms with Crippen LogP contribution in [0.2, 0.25) is 0 Å². The summed E-state index contributed by atoms with van der Waals surface area (Å²) in [6.07, 6.45) is -0.362. The number of nitrogen functional groups attached to an aromatic ring is 1. The Balaban J connectivity index is 0.936. The Bertz CT molecular complexity index is 3290. The molecule has 6 heteroatoms. The number of anilines is 1. The third kappa shape index (κ3) is 6.18. The standard InChI is InChI=1S/C58H40N4O2/c59-44-25-15-19-39(33-44)38-18-14-20-41(32-38)56-60-55(37-16-4-1-5-17-37)61-57(62-56)47-28-11-10-26-45(47)40-30-31-51-52(34-40)64-53-35-48-46-27-12-13-29-49(46)58(42-21-6-2-7-22-42,43-23-8-3-9-24-43)50(48)36-54(53)63-51/h1-36,55H,59H2,(H,60,61,62). The van der Waals surface area contributed by atoms with E-state index in [2.05, 4.69) is 169 Å². The van der Waals surface area contributed by atoms with E-state index in [1.807, 2.05) is 54.6 Å². The molecule has 3 aliphatic rings. The molecule has 2 heterocycles. The fraction of sp³-hybridized carbons (Fsp3) is 0.0345. The molecule has 1 atom stereocenters. The van der Waals surface area contributed by atoms with Gasteiger partial charge in [-0.05, 0) is 104 Å². The van der Waals surface area contributed by atoms with Crippen molar-refractivity contribution in [2.24, 2.45) is 9.98 Å². The molecule has 0 bridgehead atoms. The van der Waals surface area contributed by atoms with Crippen LogP contribution in [-0.2, 0) is 5.41 Å². The summed E-state index contributed by atoms with van der Waals surface area (Å²) in [6, 6.07) is 75.7. The van der Waals surface area contributed by atoms with E-state index in [0.29, 0.717) is 28.8 Å². The number of hydrogen-bond donors (Lipinski definition) is 2. The molecule has 0 radical (unpaired) electrons. The highest BCUT2D eigenvalue weighted by Gasteiger charge is 2.47. The summed E-state index contributed by atoms with van der Waals surface area (Å²) in [7, 11) is 0. The number of aliphatic imine (C=N–C) groups is 2. The molecule has 1 unspecified atom stereocenters. The third-order valence-corrected chi connectivity index (χ3v) is 12.6. The van der Waals surface area contributed by atoms with Crippen molar-refractivity contribution in [2.75, 3.05) is 5.73 Å². The predicted molar refractivity (Wildman–Crippen MR) is 257 cm³/mol. The molecular formula is C58H40N4O2. The van der Waals surface area contributed by atoms with Crippen LogP contribution in [0.4, 0.5) is 5.69 Å². The molecule has 304 valence electrons. The summed E-state index contributed by atoms with van der Waals surface area (Å²) in [5.74, 6) is 4.00. The van der Waals surface area contributed by atoms with Crippen LogP contribution >= 0.6 is 0 Å². The molecule has 0 saturated heterocycles. The topological polar surface area (TPSA) is 81.2 Å². The Labute approximate surface area is 371 Å². The monoisotopic (exact) mass is 824 g/mol. The minimum Gasteiger partial charge on any atom is -0.450 e. The summed E-state index contributed by atoms with van der Waals surface area (Å²) in [5.41, 5.74) is 20.4. The fourth-order valence-electron chi connectivity index (χ4n) is 9.70. The molecular weight excluding hydrogens is 785 g/mol. The van der Waals surface area contributed by atoms with Gasteiger partial charge < -0.3 is 20.5 Å². The maximum Gasteiger partial charge on any atom is 0.170 e. The zero-order valence-electron chi connectivity index (χ0n) is 34.7. The zero-order valence-corrected chi connectivity index (χ0v) is 34.7. The van der Waals surface area contributed by atoms with Crippen LogP contribution in [0.1, 0.15) is 45.1 Å². The zero-order chi connectivity index (χ0) is 42.6. The lowest BCUT2D eigenvalue weighted by Crippen LogP contribution is -2.33. The van der Waals surface area contributed by atoms with Crippen molar-refractivity contribution in [2.45, 2.75) is 11.6 Å². The van der Waals surface area contributed by atoms with Gasteiger partial charge in [0, 0.05) is 16.8 Å². The van der Waals surface area contributed by atoms with Crippen molar-refractivity contribution in [3.05, 3.63) is 257 Å². The molecule has 0 saturated carbocycles. The van der Waals surface area contributed by atoms with Crippen LogP contribution in [0.15, 0.2) is 228 Å². The van der Waals surface area contributed by atoms with E-state index < -0.39 is 5.41 Å². The smallest absolute Gasteiger partial charge is 0.170 e. The van der Waals surface area contributed by atoms with Gasteiger partial charge in [-0.15, -0.1) is 0 Å². The maximum absolute atomic E-state index is 6.85. The first-order valence-electron chi connectivity index (χ1n) is 21.5. The van der Waals surface area contributed by atoms with Crippen LogP contribution in [0.5, 0.6) is 23.0 Å². The summed E-state index contributed by atoms with van der Waals surface area (Å²) >= 11 is 0. The summed E-state index contributed by atoms with van der Waals surface area (Å²) in [5, 5.41) is 3.63. The molecule has 0 aromatic heterocycles. The average molecular weight is 825 g/mol. The van der Waals surface area contributed by atoms with Gasteiger partial charge >= 0.3 is 0 Å². The van der Waals surface area contributed by atoms with Gasteiger partial charge in [-0.25, -0.2) is 9.98 Å². The SMILES string of the molecule is Nc1cccc(-c2cccc(C3=NC(c4ccccc4-c4ccc5c(c4)Oc4cc6c(cc4O5)C(c4ccccc4)(c4ccccc4)c4ccccc4-6)=NC(c4ccccc4)N3)c2)c1. The number of ether oxygens (including phenoxy) is 2. The second kappa shape index (κ2) is 15.2. The Morgan fingerprint density at radius 2 is 1.02 bits per heavy atom. The van der Waals surface area contributed by atoms with Crippen LogP contribution in [0.25, 0.3) is 33.4 Å². The number of amidine groups is 2. The number of benzene rings is 9. The van der Waals surface area contributed by atoms with Gasteiger partial charge in [0.25, 0.3) is 0 Å². The first-order chi connectivity index (χ1) is 31.6. The van der Waals surface area contributed by atoms with Crippen molar-refractivity contribution >= 4 is 17.4 Å². The van der Waals surface area contributed by atoms with E-state index in [4.69, 9.17) is 25.2 Å². The van der Waals surface area contributed by atoms with E-state index in [9.17, 15) is 0 Å². The van der Waals surface area contributed by atoms with Gasteiger partial charge in [0.05, 0.1) is 5.41 Å². The Morgan fingerprint density at radius 1 is 0.422 bits per heavy atom. The quantitative estimate of drug-likeness (QED) is 0.157. The van der Waals surface area contributed by atoms with Crippen molar-refractivity contribution in [3.63, 3.8) is 0 Å². The molecule has 9 aromatic carbocycles. The average Bonchev–Trinajstić information content (AvgIpc) is 3.65. The van der Waals surface area contributed by atoms with E-state index in [1.54, 1.807) is 0 Å². The maximum atomic E-state index is 6.85. The van der Waals surface area contributed by atoms with Crippen molar-refractivity contribution in [1.82, 2.24) is 5.32 Å². The normalized spacial score (nSPS) is 15.2. The van der Waals surface area contributed by atoms with Gasteiger partial charge in [-0.3, -0.25) is 0 Å². The van der Waals surface area contributed by atoms with Gasteiger partial charge in [-0.1, -0.05) is 176 Å². The summed E-state index contributed by atoms with van der Waals surface area (Å²) < 4.78 is 13.6. The molecule has 12 rings (SSSR count). The van der Waals surface area contributed by atoms with E-state index in [0.717, 1.165) is 61.6 Å². The van der Waals surface area contributed by atoms with Crippen LogP contribution in [0.3, 0.4) is 0 Å². The highest BCUT2D eigenvalue weighted by Crippen LogP contribution is 2.60. The predicted octanol–water partition coefficient (Wildman–Crippen LogP) is 13.4. The lowest BCUT2D eigenvalue weighted by molar-refractivity contribution is 0.359. The van der Waals surface area contributed by atoms with Crippen LogP contribution in [0, 0.1) is 0 Å². The first-order valence-corrected chi connectivity index (χ1v) is 21.5. The minimum absolute atomic E-state index is 0.362. The minimum atomic E-state index is -0.543. The van der Waals surface area contributed by atoms with E-state index in [1.165, 1.54) is 22.3 Å². The van der Waals surface area contributed by atoms with Gasteiger partial charge in [-0.2, -0.15) is 0 Å². The highest BCUT2D eigenvalue weighted by atomic mass is 16.6. The molecule has 1 aliphatic carbocycles. The largest absolute Gasteiger partial charge is 0.450 e. The van der Waals surface area contributed by atoms with Gasteiger partial charge in [0.2, 0.25) is 0 Å². The van der Waals surface area contributed by atoms with Crippen LogP contribution in [-0.4, -0.2) is 11.7 Å². The number of nitrogens with zero attached hydrogens (tertiary/aromatic N) is 2. The van der Waals surface area contributed by atoms with Crippen molar-refractivity contribution in [3.8, 4) is 56.4 Å². The number of hydrogen-bond acceptors (Lipinski definition) is 6. The number of rotatable bonds is 7. The number of nitrogens with two attached hydrogens (primary N) is 1. The molecule has 0 spiro atoms. The highest BCUT2D eigenvalue weighted by molar-refractivity contribution is 6.15. The third-order valence-electron chi connectivity index (χ3n) is 12.6. The molecule has 0 amide bonds. The lowest BCUT2D eigenvalue weighted by Gasteiger charge is -2.34. The summed E-state index contributed by atoms with van der Waals surface area (Å²) in [4.78, 5) is 10.5. The molecule has 2 aliphatic heterocycles. The van der Waals surface area contributed by atoms with Crippen molar-refractivity contribution in [1.29, 1.82) is 0 Å². The lowest BCUT2D eigenvalue weighted by atomic mass is 9.67. The van der Waals surface area contributed by atoms with Gasteiger partial charge in [0.1, 0.15) is 12.0 Å². The molecule has 3 N–H and O–H groups in total. The summed E-state index contributed by atoms with van der Waals surface area (Å²) in [6.45, 7) is 0. The Hall–Kier alpha value is -8.48. The van der Waals surface area contributed by atoms with E-state index >= 15 is 0 Å². The Morgan fingerprint density at radius 3 is 1.77 bits per heavy atom. The fourth-order valence-corrected chi connectivity index (χ4v) is 9.70. The number of nitrogens with one attached hydrogen (secondary N) is 1. The molecule has 6 nitrogen and oxygen atoms in total. The number of fused-ring (bicyclic) bond motifs is 5. The molecule has 9 aromatic rings. The molecule has 0 fully saturated rings. The second-order valence-electron chi connectivity index (χ2n) is 16.4.